The molecule has 0 unspecified atom stereocenters. The van der Waals surface area contributed by atoms with Gasteiger partial charge < -0.3 is 10.1 Å². The molecule has 0 aliphatic carbocycles. The van der Waals surface area contributed by atoms with Crippen molar-refractivity contribution in [2.45, 2.75) is 19.0 Å². The number of carbonyl (C=O) groups excluding carboxylic acids is 1. The smallest absolute Gasteiger partial charge is 0.244 e. The summed E-state index contributed by atoms with van der Waals surface area (Å²) < 4.78 is 18.5. The molecule has 4 nitrogen and oxygen atoms in total. The molecule has 136 valence electrons. The zero-order chi connectivity index (χ0) is 18.4. The lowest BCUT2D eigenvalue weighted by Gasteiger charge is -2.16. The van der Waals surface area contributed by atoms with Crippen molar-refractivity contribution in [1.29, 1.82) is 0 Å². The molecule has 3 rings (SSSR count). The molecule has 2 aromatic rings. The molecule has 1 fully saturated rings. The average molecular weight is 354 g/mol. The molecule has 0 radical (unpaired) electrons. The van der Waals surface area contributed by atoms with E-state index in [9.17, 15) is 9.18 Å². The molecular weight excluding hydrogens is 331 g/mol. The number of likely N-dealkylation sites (tertiary alicyclic amines) is 1. The molecule has 1 atom stereocenters. The zero-order valence-electron chi connectivity index (χ0n) is 14.8. The Morgan fingerprint density at radius 2 is 2.12 bits per heavy atom. The standard InChI is InChI=1S/C21H23FN2O2/c1-26-20-9-7-16(13-19(20)22)8-10-21(25)23-18-11-12-24(15-18)14-17-5-3-2-4-6-17/h2-10,13,18H,11-12,14-15H2,1H3,(H,23,25)/b10-8+/t18-/m0/s1. The molecule has 1 N–H and O–H groups in total. The summed E-state index contributed by atoms with van der Waals surface area (Å²) in [5, 5.41) is 3.02. The summed E-state index contributed by atoms with van der Waals surface area (Å²) in [4.78, 5) is 14.4. The topological polar surface area (TPSA) is 41.6 Å². The van der Waals surface area contributed by atoms with Crippen molar-refractivity contribution >= 4 is 12.0 Å². The van der Waals surface area contributed by atoms with E-state index < -0.39 is 5.82 Å². The predicted octanol–water partition coefficient (Wildman–Crippen LogP) is 3.24. The maximum absolute atomic E-state index is 13.7. The number of carbonyl (C=O) groups is 1. The largest absolute Gasteiger partial charge is 0.494 e. The van der Waals surface area contributed by atoms with Gasteiger partial charge >= 0.3 is 0 Å². The molecule has 2 aromatic carbocycles. The van der Waals surface area contributed by atoms with Gasteiger partial charge in [-0.15, -0.1) is 0 Å². The van der Waals surface area contributed by atoms with Gasteiger partial charge in [-0.25, -0.2) is 4.39 Å². The van der Waals surface area contributed by atoms with Gasteiger partial charge in [0.2, 0.25) is 5.91 Å². The lowest BCUT2D eigenvalue weighted by atomic mass is 10.2. The Bertz CT molecular complexity index is 777. The van der Waals surface area contributed by atoms with E-state index in [1.807, 2.05) is 18.2 Å². The van der Waals surface area contributed by atoms with E-state index in [1.165, 1.54) is 24.8 Å². The van der Waals surface area contributed by atoms with Gasteiger partial charge in [-0.1, -0.05) is 36.4 Å². The van der Waals surface area contributed by atoms with Crippen LogP contribution in [-0.2, 0) is 11.3 Å². The zero-order valence-corrected chi connectivity index (χ0v) is 14.8. The lowest BCUT2D eigenvalue weighted by molar-refractivity contribution is -0.117. The van der Waals surface area contributed by atoms with Crippen molar-refractivity contribution in [3.8, 4) is 5.75 Å². The van der Waals surface area contributed by atoms with Crippen molar-refractivity contribution in [2.24, 2.45) is 0 Å². The fourth-order valence-corrected chi connectivity index (χ4v) is 3.14. The molecule has 0 saturated carbocycles. The Kier molecular flexibility index (Phi) is 6.02. The second kappa shape index (κ2) is 8.63. The Labute approximate surface area is 153 Å². The van der Waals surface area contributed by atoms with Gasteiger partial charge in [0.25, 0.3) is 0 Å². The molecule has 1 amide bonds. The number of benzene rings is 2. The van der Waals surface area contributed by atoms with E-state index in [4.69, 9.17) is 4.74 Å². The summed E-state index contributed by atoms with van der Waals surface area (Å²) in [6.07, 6.45) is 3.99. The highest BCUT2D eigenvalue weighted by Gasteiger charge is 2.23. The Balaban J connectivity index is 1.48. The Morgan fingerprint density at radius 1 is 1.31 bits per heavy atom. The van der Waals surface area contributed by atoms with Crippen LogP contribution in [0.5, 0.6) is 5.75 Å². The average Bonchev–Trinajstić information content (AvgIpc) is 3.07. The van der Waals surface area contributed by atoms with E-state index in [2.05, 4.69) is 22.3 Å². The normalized spacial score (nSPS) is 17.5. The van der Waals surface area contributed by atoms with E-state index in [1.54, 1.807) is 18.2 Å². The van der Waals surface area contributed by atoms with Crippen molar-refractivity contribution in [1.82, 2.24) is 10.2 Å². The van der Waals surface area contributed by atoms with Gasteiger partial charge in [0.1, 0.15) is 0 Å². The number of ether oxygens (including phenoxy) is 1. The monoisotopic (exact) mass is 354 g/mol. The minimum Gasteiger partial charge on any atom is -0.494 e. The highest BCUT2D eigenvalue weighted by Crippen LogP contribution is 2.18. The van der Waals surface area contributed by atoms with Crippen LogP contribution < -0.4 is 10.1 Å². The first-order valence-electron chi connectivity index (χ1n) is 8.72. The van der Waals surface area contributed by atoms with Gasteiger partial charge in [-0.05, 0) is 35.8 Å². The fourth-order valence-electron chi connectivity index (χ4n) is 3.14. The number of methoxy groups -OCH3 is 1. The first kappa shape index (κ1) is 18.1. The van der Waals surface area contributed by atoms with Gasteiger partial charge in [-0.3, -0.25) is 9.69 Å². The van der Waals surface area contributed by atoms with Crippen LogP contribution in [0.25, 0.3) is 6.08 Å². The maximum atomic E-state index is 13.7. The van der Waals surface area contributed by atoms with E-state index >= 15 is 0 Å². The van der Waals surface area contributed by atoms with Crippen molar-refractivity contribution in [3.05, 3.63) is 71.6 Å². The molecule has 1 aliphatic rings. The number of rotatable bonds is 6. The second-order valence-corrected chi connectivity index (χ2v) is 6.44. The van der Waals surface area contributed by atoms with Gasteiger partial charge in [-0.2, -0.15) is 0 Å². The van der Waals surface area contributed by atoms with Gasteiger partial charge in [0.15, 0.2) is 11.6 Å². The summed E-state index contributed by atoms with van der Waals surface area (Å²) in [6, 6.07) is 15.1. The minimum atomic E-state index is -0.442. The molecule has 1 heterocycles. The first-order valence-corrected chi connectivity index (χ1v) is 8.72. The maximum Gasteiger partial charge on any atom is 0.244 e. The Hall–Kier alpha value is -2.66. The Morgan fingerprint density at radius 3 is 2.85 bits per heavy atom. The minimum absolute atomic E-state index is 0.142. The number of nitrogens with zero attached hydrogens (tertiary/aromatic N) is 1. The number of halogens is 1. The number of amides is 1. The third-order valence-electron chi connectivity index (χ3n) is 4.47. The fraction of sp³-hybridized carbons (Fsp3) is 0.286. The van der Waals surface area contributed by atoms with Crippen molar-refractivity contribution in [2.75, 3.05) is 20.2 Å². The second-order valence-electron chi connectivity index (χ2n) is 6.44. The third kappa shape index (κ3) is 4.92. The molecule has 0 aromatic heterocycles. The molecule has 26 heavy (non-hydrogen) atoms. The number of hydrogen-bond acceptors (Lipinski definition) is 3. The van der Waals surface area contributed by atoms with Gasteiger partial charge in [0.05, 0.1) is 7.11 Å². The summed E-state index contributed by atoms with van der Waals surface area (Å²) in [7, 11) is 1.42. The summed E-state index contributed by atoms with van der Waals surface area (Å²) >= 11 is 0. The van der Waals surface area contributed by atoms with Crippen LogP contribution in [0, 0.1) is 5.82 Å². The first-order chi connectivity index (χ1) is 12.6. The van der Waals surface area contributed by atoms with Gasteiger partial charge in [0, 0.05) is 31.8 Å². The SMILES string of the molecule is COc1ccc(/C=C/C(=O)N[C@H]2CCN(Cc3ccccc3)C2)cc1F. The van der Waals surface area contributed by atoms with E-state index in [-0.39, 0.29) is 17.7 Å². The van der Waals surface area contributed by atoms with Crippen LogP contribution in [0.15, 0.2) is 54.6 Å². The third-order valence-corrected chi connectivity index (χ3v) is 4.47. The highest BCUT2D eigenvalue weighted by atomic mass is 19.1. The molecular formula is C21H23FN2O2. The number of nitrogens with one attached hydrogen (secondary N) is 1. The summed E-state index contributed by atoms with van der Waals surface area (Å²) in [5.74, 6) is -0.411. The molecule has 5 heteroatoms. The van der Waals surface area contributed by atoms with E-state index in [0.717, 1.165) is 26.1 Å². The van der Waals surface area contributed by atoms with Crippen molar-refractivity contribution in [3.63, 3.8) is 0 Å². The quantitative estimate of drug-likeness (QED) is 0.810. The van der Waals surface area contributed by atoms with Crippen LogP contribution in [0.3, 0.4) is 0 Å². The molecule has 0 bridgehead atoms. The summed E-state index contributed by atoms with van der Waals surface area (Å²) in [6.45, 7) is 2.70. The van der Waals surface area contributed by atoms with Crippen molar-refractivity contribution < 1.29 is 13.9 Å². The molecule has 1 aliphatic heterocycles. The molecule has 0 spiro atoms. The number of hydrogen-bond donors (Lipinski definition) is 1. The summed E-state index contributed by atoms with van der Waals surface area (Å²) in [5.41, 5.74) is 1.90. The van der Waals surface area contributed by atoms with Crippen LogP contribution in [0.4, 0.5) is 4.39 Å². The van der Waals surface area contributed by atoms with Crippen LogP contribution in [0.1, 0.15) is 17.5 Å². The van der Waals surface area contributed by atoms with Crippen LogP contribution >= 0.6 is 0 Å². The van der Waals surface area contributed by atoms with E-state index in [0.29, 0.717) is 5.56 Å². The van der Waals surface area contributed by atoms with Crippen LogP contribution in [0.2, 0.25) is 0 Å². The predicted molar refractivity (Wildman–Crippen MR) is 100 cm³/mol. The lowest BCUT2D eigenvalue weighted by Crippen LogP contribution is -2.35. The van der Waals surface area contributed by atoms with Crippen LogP contribution in [-0.4, -0.2) is 37.0 Å². The molecule has 1 saturated heterocycles. The highest BCUT2D eigenvalue weighted by molar-refractivity contribution is 5.91.